The molecule has 0 aliphatic heterocycles. The van der Waals surface area contributed by atoms with Crippen molar-refractivity contribution in [2.24, 2.45) is 46.3 Å². The van der Waals surface area contributed by atoms with Crippen LogP contribution in [0.3, 0.4) is 0 Å². The van der Waals surface area contributed by atoms with Crippen molar-refractivity contribution >= 4 is 18.0 Å². The standard InChI is InChI=1S/C27H46O.CHClO3/c1-18(2)7-6-8-19(3)23-11-12-24-22-10-9-20-17-21(28)13-15-26(20,4)25(22)14-16-27(23,24)5;2-5-1(3)4/h9,18-19,21-25,28H,6-8,10-17H2,1-5H3;(H,3,4)/t19?,21-,22-,23+,24-,25-,26-,27+;/m0./s1. The highest BCUT2D eigenvalue weighted by atomic mass is 35.5. The number of aliphatic hydroxyl groups excluding tert-OH is 1. The number of fused-ring (bicyclic) bond motifs is 5. The molecule has 4 rings (SSSR count). The van der Waals surface area contributed by atoms with E-state index < -0.39 is 6.16 Å². The monoisotopic (exact) mass is 482 g/mol. The second kappa shape index (κ2) is 10.9. The van der Waals surface area contributed by atoms with Gasteiger partial charge in [0.25, 0.3) is 0 Å². The molecule has 2 N–H and O–H groups in total. The third kappa shape index (κ3) is 5.58. The normalized spacial score (nSPS) is 40.5. The summed E-state index contributed by atoms with van der Waals surface area (Å²) >= 11 is 4.24. The maximum absolute atomic E-state index is 10.2. The lowest BCUT2D eigenvalue weighted by Crippen LogP contribution is -2.50. The molecule has 8 atom stereocenters. The molecular weight excluding hydrogens is 436 g/mol. The van der Waals surface area contributed by atoms with Crippen LogP contribution in [0, 0.1) is 46.3 Å². The highest BCUT2D eigenvalue weighted by Crippen LogP contribution is 2.67. The van der Waals surface area contributed by atoms with Gasteiger partial charge in [0.2, 0.25) is 0 Å². The Hall–Kier alpha value is -0.740. The Morgan fingerprint density at radius 1 is 1.12 bits per heavy atom. The highest BCUT2D eigenvalue weighted by Gasteiger charge is 2.59. The first-order valence-corrected chi connectivity index (χ1v) is 13.7. The van der Waals surface area contributed by atoms with Gasteiger partial charge < -0.3 is 14.5 Å². The van der Waals surface area contributed by atoms with Crippen molar-refractivity contribution in [3.8, 4) is 0 Å². The number of rotatable bonds is 5. The van der Waals surface area contributed by atoms with Crippen LogP contribution in [-0.2, 0) is 4.29 Å². The van der Waals surface area contributed by atoms with E-state index in [1.54, 1.807) is 5.57 Å². The van der Waals surface area contributed by atoms with E-state index in [-0.39, 0.29) is 6.10 Å². The topological polar surface area (TPSA) is 66.8 Å². The molecule has 3 saturated carbocycles. The predicted molar refractivity (Wildman–Crippen MR) is 134 cm³/mol. The Morgan fingerprint density at radius 2 is 1.82 bits per heavy atom. The molecule has 0 heterocycles. The Labute approximate surface area is 206 Å². The fraction of sp³-hybridized carbons (Fsp3) is 0.893. The molecule has 0 saturated heterocycles. The van der Waals surface area contributed by atoms with Gasteiger partial charge in [-0.25, -0.2) is 4.79 Å². The van der Waals surface area contributed by atoms with Gasteiger partial charge >= 0.3 is 6.16 Å². The molecule has 0 aromatic heterocycles. The lowest BCUT2D eigenvalue weighted by Gasteiger charge is -2.58. The minimum absolute atomic E-state index is 0.0766. The molecular formula is C28H47ClO4. The van der Waals surface area contributed by atoms with Crippen LogP contribution in [0.2, 0.25) is 0 Å². The number of hydrogen-bond acceptors (Lipinski definition) is 3. The van der Waals surface area contributed by atoms with Gasteiger partial charge in [0.1, 0.15) is 11.9 Å². The van der Waals surface area contributed by atoms with Crippen molar-refractivity contribution < 1.29 is 19.3 Å². The third-order valence-corrected chi connectivity index (χ3v) is 10.5. The molecule has 190 valence electrons. The summed E-state index contributed by atoms with van der Waals surface area (Å²) in [6.45, 7) is 12.6. The van der Waals surface area contributed by atoms with Gasteiger partial charge in [-0.15, -0.1) is 0 Å². The molecule has 0 aromatic rings. The molecule has 0 spiro atoms. The third-order valence-electron chi connectivity index (χ3n) is 10.3. The van der Waals surface area contributed by atoms with E-state index in [4.69, 9.17) is 9.90 Å². The van der Waals surface area contributed by atoms with E-state index in [0.717, 1.165) is 48.3 Å². The average molecular weight is 483 g/mol. The predicted octanol–water partition coefficient (Wildman–Crippen LogP) is 8.22. The molecule has 0 radical (unpaired) electrons. The van der Waals surface area contributed by atoms with Gasteiger partial charge in [-0.3, -0.25) is 0 Å². The van der Waals surface area contributed by atoms with E-state index in [2.05, 4.69) is 56.9 Å². The summed E-state index contributed by atoms with van der Waals surface area (Å²) in [6.07, 6.45) is 15.7. The van der Waals surface area contributed by atoms with Crippen molar-refractivity contribution in [2.45, 2.75) is 111 Å². The van der Waals surface area contributed by atoms with Crippen LogP contribution in [-0.4, -0.2) is 22.5 Å². The number of carbonyl (C=O) groups is 1. The van der Waals surface area contributed by atoms with Crippen LogP contribution in [0.1, 0.15) is 105 Å². The smallest absolute Gasteiger partial charge is 0.449 e. The van der Waals surface area contributed by atoms with Gasteiger partial charge in [-0.2, -0.15) is 0 Å². The molecule has 5 heteroatoms. The molecule has 4 aliphatic carbocycles. The Morgan fingerprint density at radius 3 is 2.45 bits per heavy atom. The lowest BCUT2D eigenvalue weighted by atomic mass is 9.47. The lowest BCUT2D eigenvalue weighted by molar-refractivity contribution is -0.0573. The zero-order chi connectivity index (χ0) is 24.4. The molecule has 1 unspecified atom stereocenters. The van der Waals surface area contributed by atoms with Gasteiger partial charge in [0.15, 0.2) is 0 Å². The van der Waals surface area contributed by atoms with E-state index in [9.17, 15) is 5.11 Å². The van der Waals surface area contributed by atoms with E-state index in [1.807, 2.05) is 0 Å². The first kappa shape index (κ1) is 26.9. The van der Waals surface area contributed by atoms with Crippen LogP contribution in [0.15, 0.2) is 11.6 Å². The fourth-order valence-corrected chi connectivity index (χ4v) is 8.67. The number of hydrogen-bond donors (Lipinski definition) is 2. The largest absolute Gasteiger partial charge is 0.524 e. The Bertz CT molecular complexity index is 706. The Balaban J connectivity index is 0.000000555. The summed E-state index contributed by atoms with van der Waals surface area (Å²) in [4.78, 5) is 9.01. The first-order chi connectivity index (χ1) is 15.5. The summed E-state index contributed by atoms with van der Waals surface area (Å²) in [5, 5.41) is 17.6. The number of halogens is 1. The molecule has 0 bridgehead atoms. The van der Waals surface area contributed by atoms with Crippen molar-refractivity contribution in [2.75, 3.05) is 0 Å². The van der Waals surface area contributed by atoms with Crippen molar-refractivity contribution in [1.82, 2.24) is 0 Å². The zero-order valence-corrected chi connectivity index (χ0v) is 22.2. The summed E-state index contributed by atoms with van der Waals surface area (Å²) in [5.74, 6) is 5.46. The molecule has 3 fully saturated rings. The summed E-state index contributed by atoms with van der Waals surface area (Å²) in [7, 11) is 0. The zero-order valence-electron chi connectivity index (χ0n) is 21.5. The van der Waals surface area contributed by atoms with Crippen LogP contribution in [0.4, 0.5) is 4.79 Å². The maximum atomic E-state index is 10.2. The minimum Gasteiger partial charge on any atom is -0.449 e. The number of allylic oxidation sites excluding steroid dienone is 1. The highest BCUT2D eigenvalue weighted by molar-refractivity contribution is 6.12. The van der Waals surface area contributed by atoms with Crippen LogP contribution in [0.25, 0.3) is 0 Å². The summed E-state index contributed by atoms with van der Waals surface area (Å²) in [5.41, 5.74) is 2.60. The average Bonchev–Trinajstić information content (AvgIpc) is 3.11. The van der Waals surface area contributed by atoms with Gasteiger partial charge in [-0.05, 0) is 97.7 Å². The van der Waals surface area contributed by atoms with Crippen molar-refractivity contribution in [3.63, 3.8) is 0 Å². The molecule has 0 amide bonds. The first-order valence-electron chi connectivity index (χ1n) is 13.4. The van der Waals surface area contributed by atoms with Crippen LogP contribution >= 0.6 is 11.9 Å². The van der Waals surface area contributed by atoms with Gasteiger partial charge in [0, 0.05) is 0 Å². The van der Waals surface area contributed by atoms with Crippen LogP contribution in [0.5, 0.6) is 0 Å². The summed E-state index contributed by atoms with van der Waals surface area (Å²) < 4.78 is 3.14. The number of aliphatic hydroxyl groups is 1. The maximum Gasteiger partial charge on any atom is 0.524 e. The van der Waals surface area contributed by atoms with Crippen molar-refractivity contribution in [3.05, 3.63) is 11.6 Å². The molecule has 33 heavy (non-hydrogen) atoms. The Kier molecular flexibility index (Phi) is 8.87. The van der Waals surface area contributed by atoms with E-state index >= 15 is 0 Å². The second-order valence-corrected chi connectivity index (χ2v) is 12.7. The minimum atomic E-state index is -1.48. The molecule has 4 aliphatic rings. The van der Waals surface area contributed by atoms with E-state index in [0.29, 0.717) is 10.8 Å². The summed E-state index contributed by atoms with van der Waals surface area (Å²) in [6, 6.07) is 0. The molecule has 4 nitrogen and oxygen atoms in total. The number of carboxylic acid groups (broad SMARTS) is 1. The second-order valence-electron chi connectivity index (χ2n) is 12.5. The molecule has 0 aromatic carbocycles. The van der Waals surface area contributed by atoms with E-state index in [1.165, 1.54) is 57.8 Å². The quantitative estimate of drug-likeness (QED) is 0.387. The fourth-order valence-electron chi connectivity index (χ4n) is 8.67. The van der Waals surface area contributed by atoms with Gasteiger partial charge in [0.05, 0.1) is 6.10 Å². The van der Waals surface area contributed by atoms with Crippen molar-refractivity contribution in [1.29, 1.82) is 0 Å². The van der Waals surface area contributed by atoms with Gasteiger partial charge in [-0.1, -0.05) is 65.5 Å². The van der Waals surface area contributed by atoms with Crippen LogP contribution < -0.4 is 0 Å². The SMILES string of the molecule is CC(C)CCCC(C)[C@H]1CC[C@H]2[C@@H]3CC=C4C[C@@H](O)CC[C@]4(C)[C@H]3CC[C@]12C.O=C(O)OCl.